The van der Waals surface area contributed by atoms with Crippen molar-refractivity contribution < 1.29 is 4.74 Å². The van der Waals surface area contributed by atoms with Gasteiger partial charge in [-0.15, -0.1) is 24.0 Å². The molecule has 0 radical (unpaired) electrons. The highest BCUT2D eigenvalue weighted by Crippen LogP contribution is 2.11. The van der Waals surface area contributed by atoms with Crippen LogP contribution >= 0.6 is 24.0 Å². The summed E-state index contributed by atoms with van der Waals surface area (Å²) in [6.07, 6.45) is 4.60. The van der Waals surface area contributed by atoms with Crippen LogP contribution in [-0.4, -0.2) is 86.9 Å². The first-order chi connectivity index (χ1) is 13.0. The Bertz CT molecular complexity index is 390. The lowest BCUT2D eigenvalue weighted by Gasteiger charge is -2.33. The van der Waals surface area contributed by atoms with Crippen molar-refractivity contribution in [3.05, 3.63) is 0 Å². The zero-order chi connectivity index (χ0) is 20.1. The van der Waals surface area contributed by atoms with Crippen LogP contribution < -0.4 is 10.6 Å². The number of likely N-dealkylation sites (tertiary alicyclic amines) is 1. The molecule has 0 spiro atoms. The first-order valence-corrected chi connectivity index (χ1v) is 11.0. The zero-order valence-corrected chi connectivity index (χ0v) is 21.5. The van der Waals surface area contributed by atoms with E-state index in [1.54, 1.807) is 7.11 Å². The maximum atomic E-state index is 5.15. The Hall–Kier alpha value is -0.120. The van der Waals surface area contributed by atoms with Gasteiger partial charge in [0.2, 0.25) is 0 Å². The fourth-order valence-corrected chi connectivity index (χ4v) is 3.80. The van der Waals surface area contributed by atoms with Crippen LogP contribution in [0.5, 0.6) is 0 Å². The first kappa shape index (κ1) is 27.9. The predicted octanol–water partition coefficient (Wildman–Crippen LogP) is 3.17. The molecule has 1 heterocycles. The molecule has 168 valence electrons. The van der Waals surface area contributed by atoms with Crippen molar-refractivity contribution in [3.63, 3.8) is 0 Å². The third kappa shape index (κ3) is 11.8. The second kappa shape index (κ2) is 16.7. The van der Waals surface area contributed by atoms with E-state index in [9.17, 15) is 0 Å². The van der Waals surface area contributed by atoms with E-state index < -0.39 is 0 Å². The van der Waals surface area contributed by atoms with Gasteiger partial charge in [0.15, 0.2) is 5.96 Å². The van der Waals surface area contributed by atoms with E-state index >= 15 is 0 Å². The van der Waals surface area contributed by atoms with E-state index in [0.717, 1.165) is 51.6 Å². The highest BCUT2D eigenvalue weighted by atomic mass is 127. The highest BCUT2D eigenvalue weighted by Gasteiger charge is 2.19. The zero-order valence-electron chi connectivity index (χ0n) is 19.2. The molecule has 0 bridgehead atoms. The number of halogens is 1. The molecular formula is C21H46IN5O. The Morgan fingerprint density at radius 3 is 2.32 bits per heavy atom. The third-order valence-electron chi connectivity index (χ3n) is 5.27. The van der Waals surface area contributed by atoms with Crippen LogP contribution in [0.4, 0.5) is 0 Å². The van der Waals surface area contributed by atoms with Gasteiger partial charge in [-0.25, -0.2) is 0 Å². The van der Waals surface area contributed by atoms with E-state index in [1.807, 2.05) is 0 Å². The molecule has 28 heavy (non-hydrogen) atoms. The first-order valence-electron chi connectivity index (χ1n) is 11.0. The van der Waals surface area contributed by atoms with E-state index in [0.29, 0.717) is 18.1 Å². The average Bonchev–Trinajstić information content (AvgIpc) is 2.62. The highest BCUT2D eigenvalue weighted by molar-refractivity contribution is 14.0. The lowest BCUT2D eigenvalue weighted by atomic mass is 10.1. The number of aliphatic imine (C=N–C) groups is 1. The van der Waals surface area contributed by atoms with Crippen molar-refractivity contribution in [1.82, 2.24) is 20.4 Å². The van der Waals surface area contributed by atoms with Gasteiger partial charge in [0, 0.05) is 71.1 Å². The summed E-state index contributed by atoms with van der Waals surface area (Å²) in [6.45, 7) is 18.5. The molecule has 0 aliphatic carbocycles. The van der Waals surface area contributed by atoms with Crippen LogP contribution in [0, 0.1) is 0 Å². The molecule has 1 aliphatic heterocycles. The number of rotatable bonds is 12. The lowest BCUT2D eigenvalue weighted by Crippen LogP contribution is -2.49. The molecule has 0 aromatic heterocycles. The molecule has 0 aromatic rings. The van der Waals surface area contributed by atoms with Gasteiger partial charge in [-0.1, -0.05) is 0 Å². The summed E-state index contributed by atoms with van der Waals surface area (Å²) in [5.74, 6) is 0.982. The van der Waals surface area contributed by atoms with Crippen LogP contribution in [0.15, 0.2) is 4.99 Å². The normalized spacial score (nSPS) is 16.7. The molecule has 0 unspecified atom stereocenters. The fourth-order valence-electron chi connectivity index (χ4n) is 3.80. The van der Waals surface area contributed by atoms with E-state index in [-0.39, 0.29) is 24.0 Å². The van der Waals surface area contributed by atoms with Crippen LogP contribution in [-0.2, 0) is 4.74 Å². The summed E-state index contributed by atoms with van der Waals surface area (Å²) in [6, 6.07) is 1.72. The van der Waals surface area contributed by atoms with Gasteiger partial charge in [0.1, 0.15) is 0 Å². The molecule has 0 atom stereocenters. The van der Waals surface area contributed by atoms with E-state index in [1.165, 1.54) is 25.9 Å². The number of piperidine rings is 1. The summed E-state index contributed by atoms with van der Waals surface area (Å²) in [4.78, 5) is 9.90. The number of ether oxygens (including phenoxy) is 1. The SMILES string of the molecule is CCNC(=NCCCN(C(C)C)C(C)C)NC1CCN(CCCOC)CC1.I. The number of nitrogens with zero attached hydrogens (tertiary/aromatic N) is 3. The Labute approximate surface area is 191 Å². The van der Waals surface area contributed by atoms with Gasteiger partial charge < -0.3 is 20.3 Å². The molecule has 1 rings (SSSR count). The summed E-state index contributed by atoms with van der Waals surface area (Å²) in [5, 5.41) is 7.06. The number of methoxy groups -OCH3 is 1. The van der Waals surface area contributed by atoms with Crippen molar-refractivity contribution in [1.29, 1.82) is 0 Å². The van der Waals surface area contributed by atoms with E-state index in [4.69, 9.17) is 9.73 Å². The number of guanidine groups is 1. The van der Waals surface area contributed by atoms with E-state index in [2.05, 4.69) is 55.1 Å². The Kier molecular flexibility index (Phi) is 16.6. The predicted molar refractivity (Wildman–Crippen MR) is 132 cm³/mol. The van der Waals surface area contributed by atoms with Gasteiger partial charge in [0.25, 0.3) is 0 Å². The maximum absolute atomic E-state index is 5.15. The van der Waals surface area contributed by atoms with Crippen molar-refractivity contribution in [2.75, 3.05) is 53.0 Å². The summed E-state index contributed by atoms with van der Waals surface area (Å²) >= 11 is 0. The van der Waals surface area contributed by atoms with Gasteiger partial charge in [0.05, 0.1) is 0 Å². The second-order valence-electron chi connectivity index (χ2n) is 8.15. The van der Waals surface area contributed by atoms with Crippen molar-refractivity contribution in [2.45, 2.75) is 78.4 Å². The topological polar surface area (TPSA) is 52.1 Å². The quantitative estimate of drug-likeness (QED) is 0.183. The number of hydrogen-bond acceptors (Lipinski definition) is 4. The molecule has 0 amide bonds. The number of hydrogen-bond donors (Lipinski definition) is 2. The van der Waals surface area contributed by atoms with Gasteiger partial charge in [-0.2, -0.15) is 0 Å². The van der Waals surface area contributed by atoms with Gasteiger partial charge >= 0.3 is 0 Å². The van der Waals surface area contributed by atoms with Crippen LogP contribution in [0.1, 0.15) is 60.3 Å². The Morgan fingerprint density at radius 1 is 1.14 bits per heavy atom. The molecule has 7 heteroatoms. The van der Waals surface area contributed by atoms with Crippen LogP contribution in [0.25, 0.3) is 0 Å². The number of nitrogens with one attached hydrogen (secondary N) is 2. The summed E-state index contributed by atoms with van der Waals surface area (Å²) in [5.41, 5.74) is 0. The van der Waals surface area contributed by atoms with Crippen molar-refractivity contribution in [2.24, 2.45) is 4.99 Å². The van der Waals surface area contributed by atoms with Gasteiger partial charge in [-0.3, -0.25) is 9.89 Å². The Balaban J connectivity index is 0.00000729. The van der Waals surface area contributed by atoms with Crippen LogP contribution in [0.2, 0.25) is 0 Å². The monoisotopic (exact) mass is 511 g/mol. The molecule has 1 saturated heterocycles. The average molecular weight is 512 g/mol. The maximum Gasteiger partial charge on any atom is 0.191 e. The van der Waals surface area contributed by atoms with Crippen molar-refractivity contribution >= 4 is 29.9 Å². The third-order valence-corrected chi connectivity index (χ3v) is 5.27. The minimum atomic E-state index is 0. The molecule has 2 N–H and O–H groups in total. The summed E-state index contributed by atoms with van der Waals surface area (Å²) in [7, 11) is 1.78. The molecule has 0 saturated carbocycles. The molecule has 6 nitrogen and oxygen atoms in total. The second-order valence-corrected chi connectivity index (χ2v) is 8.15. The minimum Gasteiger partial charge on any atom is -0.385 e. The van der Waals surface area contributed by atoms with Crippen LogP contribution in [0.3, 0.4) is 0 Å². The molecule has 1 aliphatic rings. The summed E-state index contributed by atoms with van der Waals surface area (Å²) < 4.78 is 5.15. The van der Waals surface area contributed by atoms with Gasteiger partial charge in [-0.05, 0) is 60.3 Å². The molecular weight excluding hydrogens is 465 g/mol. The van der Waals surface area contributed by atoms with Crippen molar-refractivity contribution in [3.8, 4) is 0 Å². The minimum absolute atomic E-state index is 0. The lowest BCUT2D eigenvalue weighted by molar-refractivity contribution is 0.155. The molecule has 1 fully saturated rings. The fraction of sp³-hybridized carbons (Fsp3) is 0.952. The molecule has 0 aromatic carbocycles. The largest absolute Gasteiger partial charge is 0.385 e. The smallest absolute Gasteiger partial charge is 0.191 e. The standard InChI is InChI=1S/C21H45N5O.HI/c1-7-22-21(23-12-8-14-26(18(2)3)19(4)5)24-20-10-15-25(16-11-20)13-9-17-27-6;/h18-20H,7-17H2,1-6H3,(H2,22,23,24);1H. The Morgan fingerprint density at radius 2 is 1.79 bits per heavy atom.